The molecule has 2 rings (SSSR count). The molecule has 0 aliphatic carbocycles. The lowest BCUT2D eigenvalue weighted by Gasteiger charge is -2.18. The molecule has 0 atom stereocenters. The van der Waals surface area contributed by atoms with Crippen molar-refractivity contribution >= 4 is 27.6 Å². The molecule has 0 aliphatic heterocycles. The Bertz CT molecular complexity index is 1040. The summed E-state index contributed by atoms with van der Waals surface area (Å²) in [6.45, 7) is 3.93. The van der Waals surface area contributed by atoms with Crippen LogP contribution in [0.25, 0.3) is 0 Å². The molecule has 0 bridgehead atoms. The van der Waals surface area contributed by atoms with E-state index in [1.54, 1.807) is 32.0 Å². The Labute approximate surface area is 175 Å². The van der Waals surface area contributed by atoms with E-state index < -0.39 is 20.6 Å². The number of hydrogen-bond donors (Lipinski definition) is 1. The Kier molecular flexibility index (Phi) is 7.72. The predicted octanol–water partition coefficient (Wildman–Crippen LogP) is 3.09. The standard InChI is InChI=1S/C19H24N4O6S/c1-5-22(6-2)30(26,27)16-9-10-17(18(12-16)23(24)25)21-20-13-14-7-8-15(28-3)11-19(14)29-4/h7-13,21H,5-6H2,1-4H3/b20-13+. The number of methoxy groups -OCH3 is 2. The number of rotatable bonds is 10. The maximum absolute atomic E-state index is 12.6. The molecule has 0 unspecified atom stereocenters. The third kappa shape index (κ3) is 5.05. The lowest BCUT2D eigenvalue weighted by Crippen LogP contribution is -2.30. The molecular weight excluding hydrogens is 412 g/mol. The van der Waals surface area contributed by atoms with E-state index in [0.29, 0.717) is 17.1 Å². The van der Waals surface area contributed by atoms with Crippen LogP contribution >= 0.6 is 0 Å². The van der Waals surface area contributed by atoms with Crippen molar-refractivity contribution < 1.29 is 22.8 Å². The SMILES string of the molecule is CCN(CC)S(=O)(=O)c1ccc(N/N=C/c2ccc(OC)cc2OC)c([N+](=O)[O-])c1. The Morgan fingerprint density at radius 1 is 1.13 bits per heavy atom. The van der Waals surface area contributed by atoms with Gasteiger partial charge in [-0.2, -0.15) is 9.41 Å². The second-order valence-electron chi connectivity index (χ2n) is 6.00. The van der Waals surface area contributed by atoms with E-state index in [1.165, 1.54) is 36.9 Å². The van der Waals surface area contributed by atoms with Gasteiger partial charge in [0.2, 0.25) is 10.0 Å². The van der Waals surface area contributed by atoms with Crippen LogP contribution in [0.1, 0.15) is 19.4 Å². The summed E-state index contributed by atoms with van der Waals surface area (Å²) in [4.78, 5) is 10.7. The number of benzene rings is 2. The number of anilines is 1. The summed E-state index contributed by atoms with van der Waals surface area (Å²) in [6.07, 6.45) is 1.43. The summed E-state index contributed by atoms with van der Waals surface area (Å²) in [6, 6.07) is 8.77. The number of nitro groups is 1. The Morgan fingerprint density at radius 3 is 2.40 bits per heavy atom. The molecule has 1 N–H and O–H groups in total. The topological polar surface area (TPSA) is 123 Å². The van der Waals surface area contributed by atoms with Crippen molar-refractivity contribution in [2.45, 2.75) is 18.7 Å². The molecule has 0 spiro atoms. The summed E-state index contributed by atoms with van der Waals surface area (Å²) in [7, 11) is -0.784. The number of nitro benzene ring substituents is 1. The van der Waals surface area contributed by atoms with Gasteiger partial charge < -0.3 is 9.47 Å². The predicted molar refractivity (Wildman–Crippen MR) is 114 cm³/mol. The van der Waals surface area contributed by atoms with Crippen molar-refractivity contribution in [1.82, 2.24) is 4.31 Å². The first-order valence-corrected chi connectivity index (χ1v) is 10.5. The van der Waals surface area contributed by atoms with Crippen LogP contribution in [0.2, 0.25) is 0 Å². The van der Waals surface area contributed by atoms with E-state index in [0.717, 1.165) is 6.07 Å². The van der Waals surface area contributed by atoms with Crippen molar-refractivity contribution in [2.24, 2.45) is 5.10 Å². The van der Waals surface area contributed by atoms with Crippen LogP contribution in [0, 0.1) is 10.1 Å². The molecule has 11 heteroatoms. The van der Waals surface area contributed by atoms with Gasteiger partial charge in [0.05, 0.1) is 30.3 Å². The lowest BCUT2D eigenvalue weighted by atomic mass is 10.2. The molecule has 0 saturated heterocycles. The molecule has 2 aromatic carbocycles. The fourth-order valence-electron chi connectivity index (χ4n) is 2.73. The van der Waals surface area contributed by atoms with E-state index in [1.807, 2.05) is 0 Å². The first-order chi connectivity index (χ1) is 14.3. The minimum atomic E-state index is -3.82. The van der Waals surface area contributed by atoms with Gasteiger partial charge >= 0.3 is 0 Å². The second kappa shape index (κ2) is 10.0. The lowest BCUT2D eigenvalue weighted by molar-refractivity contribution is -0.384. The molecule has 0 fully saturated rings. The van der Waals surface area contributed by atoms with Crippen LogP contribution in [0.15, 0.2) is 46.4 Å². The fraction of sp³-hybridized carbons (Fsp3) is 0.316. The molecule has 0 aliphatic rings. The third-order valence-corrected chi connectivity index (χ3v) is 6.38. The van der Waals surface area contributed by atoms with Crippen LogP contribution in [-0.4, -0.2) is 51.2 Å². The molecule has 30 heavy (non-hydrogen) atoms. The highest BCUT2D eigenvalue weighted by Crippen LogP contribution is 2.29. The summed E-state index contributed by atoms with van der Waals surface area (Å²) in [5, 5.41) is 15.5. The molecule has 0 radical (unpaired) electrons. The van der Waals surface area contributed by atoms with Crippen LogP contribution in [0.5, 0.6) is 11.5 Å². The first-order valence-electron chi connectivity index (χ1n) is 9.08. The molecule has 2 aromatic rings. The number of nitrogens with zero attached hydrogens (tertiary/aromatic N) is 3. The van der Waals surface area contributed by atoms with Gasteiger partial charge in [-0.1, -0.05) is 13.8 Å². The summed E-state index contributed by atoms with van der Waals surface area (Å²) in [5.74, 6) is 1.12. The summed E-state index contributed by atoms with van der Waals surface area (Å²) in [5.41, 5.74) is 2.87. The monoisotopic (exact) mass is 436 g/mol. The molecule has 0 aromatic heterocycles. The molecule has 0 saturated carbocycles. The molecule has 10 nitrogen and oxygen atoms in total. The number of hydrazone groups is 1. The second-order valence-corrected chi connectivity index (χ2v) is 7.94. The molecule has 162 valence electrons. The molecule has 0 amide bonds. The third-order valence-electron chi connectivity index (χ3n) is 4.34. The van der Waals surface area contributed by atoms with Crippen LogP contribution in [-0.2, 0) is 10.0 Å². The Balaban J connectivity index is 2.33. The van der Waals surface area contributed by atoms with E-state index in [9.17, 15) is 18.5 Å². The fourth-order valence-corrected chi connectivity index (χ4v) is 4.21. The zero-order valence-electron chi connectivity index (χ0n) is 17.2. The van der Waals surface area contributed by atoms with E-state index in [4.69, 9.17) is 9.47 Å². The van der Waals surface area contributed by atoms with Gasteiger partial charge in [-0.3, -0.25) is 15.5 Å². The van der Waals surface area contributed by atoms with Gasteiger partial charge in [0.15, 0.2) is 0 Å². The van der Waals surface area contributed by atoms with Crippen molar-refractivity contribution in [2.75, 3.05) is 32.7 Å². The van der Waals surface area contributed by atoms with Gasteiger partial charge in [0, 0.05) is 30.8 Å². The molecular formula is C19H24N4O6S. The highest BCUT2D eigenvalue weighted by molar-refractivity contribution is 7.89. The smallest absolute Gasteiger partial charge is 0.295 e. The average Bonchev–Trinajstić information content (AvgIpc) is 2.74. The maximum atomic E-state index is 12.6. The van der Waals surface area contributed by atoms with Crippen molar-refractivity contribution in [1.29, 1.82) is 0 Å². The van der Waals surface area contributed by atoms with E-state index in [-0.39, 0.29) is 23.7 Å². The summed E-state index contributed by atoms with van der Waals surface area (Å²) >= 11 is 0. The zero-order valence-corrected chi connectivity index (χ0v) is 18.0. The average molecular weight is 436 g/mol. The number of sulfonamides is 1. The highest BCUT2D eigenvalue weighted by atomic mass is 32.2. The maximum Gasteiger partial charge on any atom is 0.295 e. The zero-order chi connectivity index (χ0) is 22.3. The minimum absolute atomic E-state index is 0.0576. The Hall–Kier alpha value is -3.18. The highest BCUT2D eigenvalue weighted by Gasteiger charge is 2.25. The van der Waals surface area contributed by atoms with Crippen molar-refractivity contribution in [3.05, 3.63) is 52.1 Å². The first kappa shape index (κ1) is 23.1. The number of ether oxygens (including phenoxy) is 2. The van der Waals surface area contributed by atoms with Gasteiger partial charge in [0.25, 0.3) is 5.69 Å². The van der Waals surface area contributed by atoms with E-state index in [2.05, 4.69) is 10.5 Å². The van der Waals surface area contributed by atoms with Gasteiger partial charge in [-0.05, 0) is 24.3 Å². The Morgan fingerprint density at radius 2 is 1.83 bits per heavy atom. The van der Waals surface area contributed by atoms with Gasteiger partial charge in [0.1, 0.15) is 17.2 Å². The molecule has 0 heterocycles. The van der Waals surface area contributed by atoms with Crippen LogP contribution in [0.3, 0.4) is 0 Å². The van der Waals surface area contributed by atoms with Crippen molar-refractivity contribution in [3.63, 3.8) is 0 Å². The van der Waals surface area contributed by atoms with E-state index >= 15 is 0 Å². The number of nitrogens with one attached hydrogen (secondary N) is 1. The quantitative estimate of drug-likeness (QED) is 0.345. The minimum Gasteiger partial charge on any atom is -0.497 e. The van der Waals surface area contributed by atoms with Crippen LogP contribution in [0.4, 0.5) is 11.4 Å². The van der Waals surface area contributed by atoms with Crippen molar-refractivity contribution in [3.8, 4) is 11.5 Å². The summed E-state index contributed by atoms with van der Waals surface area (Å²) < 4.78 is 36.9. The number of hydrogen-bond acceptors (Lipinski definition) is 8. The normalized spacial score (nSPS) is 11.6. The van der Waals surface area contributed by atoms with Crippen LogP contribution < -0.4 is 14.9 Å². The van der Waals surface area contributed by atoms with Gasteiger partial charge in [-0.25, -0.2) is 8.42 Å². The largest absolute Gasteiger partial charge is 0.497 e. The van der Waals surface area contributed by atoms with Gasteiger partial charge in [-0.15, -0.1) is 0 Å².